The van der Waals surface area contributed by atoms with Crippen molar-refractivity contribution in [2.24, 2.45) is 16.6 Å². The molecule has 2 aliphatic rings. The summed E-state index contributed by atoms with van der Waals surface area (Å²) in [4.78, 5) is 18.2. The number of fused-ring (bicyclic) bond motifs is 1. The second-order valence-corrected chi connectivity index (χ2v) is 5.83. The van der Waals surface area contributed by atoms with E-state index in [-0.39, 0.29) is 30.1 Å². The number of benzene rings is 1. The summed E-state index contributed by atoms with van der Waals surface area (Å²) < 4.78 is 33.2. The van der Waals surface area contributed by atoms with Crippen LogP contribution in [0.4, 0.5) is 8.78 Å². The van der Waals surface area contributed by atoms with Gasteiger partial charge >= 0.3 is 0 Å². The number of hydrogen-bond acceptors (Lipinski definition) is 4. The maximum atomic E-state index is 14.3. The molecule has 1 saturated heterocycles. The van der Waals surface area contributed by atoms with Gasteiger partial charge in [-0.2, -0.15) is 0 Å². The average Bonchev–Trinajstić information content (AvgIpc) is 2.46. The molecule has 0 spiro atoms. The summed E-state index contributed by atoms with van der Waals surface area (Å²) in [5.41, 5.74) is 4.71. The summed E-state index contributed by atoms with van der Waals surface area (Å²) >= 11 is 0. The van der Waals surface area contributed by atoms with Gasteiger partial charge in [0.05, 0.1) is 18.6 Å². The molecule has 0 saturated carbocycles. The van der Waals surface area contributed by atoms with Crippen LogP contribution < -0.4 is 5.73 Å². The Balaban J connectivity index is 2.20. The highest BCUT2D eigenvalue weighted by Gasteiger charge is 2.53. The zero-order chi connectivity index (χ0) is 16.1. The largest absolute Gasteiger partial charge is 0.376 e. The molecule has 0 aromatic heterocycles. The van der Waals surface area contributed by atoms with E-state index in [1.54, 1.807) is 0 Å². The standard InChI is InChI=1S/C15H17F2N3O2/c1-8-5-11-13(21)20(2)14(18)19-15(11,7-22-8)10-4-3-9(16)6-12(10)17/h3-4,6,8,11H,5,7H2,1-2H3,(H2,18,19)/t8-,11-,15+/m0/s1. The fourth-order valence-electron chi connectivity index (χ4n) is 3.17. The fourth-order valence-corrected chi connectivity index (χ4v) is 3.17. The van der Waals surface area contributed by atoms with Crippen LogP contribution in [0.1, 0.15) is 18.9 Å². The second kappa shape index (κ2) is 5.01. The second-order valence-electron chi connectivity index (χ2n) is 5.83. The molecule has 2 heterocycles. The van der Waals surface area contributed by atoms with Crippen molar-refractivity contribution >= 4 is 11.9 Å². The van der Waals surface area contributed by atoms with Crippen LogP contribution in [-0.4, -0.2) is 36.5 Å². The van der Waals surface area contributed by atoms with E-state index in [0.717, 1.165) is 12.1 Å². The van der Waals surface area contributed by atoms with Crippen molar-refractivity contribution in [3.63, 3.8) is 0 Å². The summed E-state index contributed by atoms with van der Waals surface area (Å²) in [5, 5.41) is 0. The summed E-state index contributed by atoms with van der Waals surface area (Å²) in [6.45, 7) is 1.88. The van der Waals surface area contributed by atoms with Gasteiger partial charge in [-0.3, -0.25) is 9.69 Å². The predicted octanol–water partition coefficient (Wildman–Crippen LogP) is 1.37. The van der Waals surface area contributed by atoms with Crippen LogP contribution in [0.2, 0.25) is 0 Å². The van der Waals surface area contributed by atoms with Crippen molar-refractivity contribution in [2.75, 3.05) is 13.7 Å². The fraction of sp³-hybridized carbons (Fsp3) is 0.467. The molecular weight excluding hydrogens is 292 g/mol. The van der Waals surface area contributed by atoms with Gasteiger partial charge in [0.2, 0.25) is 5.91 Å². The lowest BCUT2D eigenvalue weighted by atomic mass is 9.72. The van der Waals surface area contributed by atoms with Crippen LogP contribution in [0.15, 0.2) is 23.2 Å². The first-order valence-corrected chi connectivity index (χ1v) is 7.05. The summed E-state index contributed by atoms with van der Waals surface area (Å²) in [6, 6.07) is 3.25. The molecule has 7 heteroatoms. The van der Waals surface area contributed by atoms with Crippen molar-refractivity contribution in [1.29, 1.82) is 0 Å². The first-order valence-electron chi connectivity index (χ1n) is 7.05. The van der Waals surface area contributed by atoms with Crippen LogP contribution in [0.25, 0.3) is 0 Å². The molecule has 3 atom stereocenters. The van der Waals surface area contributed by atoms with Crippen LogP contribution in [-0.2, 0) is 15.1 Å². The molecule has 0 aliphatic carbocycles. The Labute approximate surface area is 126 Å². The van der Waals surface area contributed by atoms with Crippen molar-refractivity contribution in [2.45, 2.75) is 25.0 Å². The molecule has 0 bridgehead atoms. The number of halogens is 2. The predicted molar refractivity (Wildman–Crippen MR) is 75.9 cm³/mol. The maximum absolute atomic E-state index is 14.3. The van der Waals surface area contributed by atoms with E-state index in [0.29, 0.717) is 6.42 Å². The topological polar surface area (TPSA) is 67.9 Å². The minimum Gasteiger partial charge on any atom is -0.376 e. The van der Waals surface area contributed by atoms with E-state index in [1.807, 2.05) is 6.92 Å². The lowest BCUT2D eigenvalue weighted by Gasteiger charge is -2.46. The van der Waals surface area contributed by atoms with E-state index in [9.17, 15) is 13.6 Å². The first-order chi connectivity index (χ1) is 10.3. The molecule has 22 heavy (non-hydrogen) atoms. The third-order valence-corrected chi connectivity index (χ3v) is 4.42. The van der Waals surface area contributed by atoms with Crippen LogP contribution in [0, 0.1) is 17.6 Å². The Hall–Kier alpha value is -2.02. The molecule has 0 radical (unpaired) electrons. The Kier molecular flexibility index (Phi) is 3.40. The van der Waals surface area contributed by atoms with E-state index >= 15 is 0 Å². The summed E-state index contributed by atoms with van der Waals surface area (Å²) in [7, 11) is 1.53. The SMILES string of the molecule is C[C@H]1C[C@H]2C(=O)N(C)C(N)=N[C@@]2(c2ccc(F)cc2F)CO1. The number of guanidine groups is 1. The molecule has 2 N–H and O–H groups in total. The molecule has 5 nitrogen and oxygen atoms in total. The number of carbonyl (C=O) groups is 1. The molecule has 1 aromatic carbocycles. The Bertz CT molecular complexity index is 664. The number of nitrogens with zero attached hydrogens (tertiary/aromatic N) is 2. The van der Waals surface area contributed by atoms with Crippen molar-refractivity contribution in [1.82, 2.24) is 4.90 Å². The van der Waals surface area contributed by atoms with E-state index in [4.69, 9.17) is 10.5 Å². The first kappa shape index (κ1) is 14.9. The minimum atomic E-state index is -1.24. The van der Waals surface area contributed by atoms with Crippen molar-refractivity contribution in [3.8, 4) is 0 Å². The molecule has 118 valence electrons. The molecule has 1 amide bonds. The van der Waals surface area contributed by atoms with Gasteiger partial charge in [0, 0.05) is 18.7 Å². The summed E-state index contributed by atoms with van der Waals surface area (Å²) in [6.07, 6.45) is 0.255. The van der Waals surface area contributed by atoms with Gasteiger partial charge in [-0.05, 0) is 19.4 Å². The highest BCUT2D eigenvalue weighted by Crippen LogP contribution is 2.45. The Morgan fingerprint density at radius 1 is 1.45 bits per heavy atom. The van der Waals surface area contributed by atoms with E-state index in [1.165, 1.54) is 18.0 Å². The molecule has 2 aliphatic heterocycles. The molecule has 1 aromatic rings. The highest BCUT2D eigenvalue weighted by atomic mass is 19.1. The van der Waals surface area contributed by atoms with Crippen molar-refractivity contribution in [3.05, 3.63) is 35.4 Å². The van der Waals surface area contributed by atoms with Gasteiger partial charge in [0.25, 0.3) is 0 Å². The van der Waals surface area contributed by atoms with E-state index in [2.05, 4.69) is 4.99 Å². The molecular formula is C15H17F2N3O2. The zero-order valence-corrected chi connectivity index (χ0v) is 12.3. The molecule has 1 fully saturated rings. The molecule has 0 unspecified atom stereocenters. The van der Waals surface area contributed by atoms with Crippen LogP contribution in [0.5, 0.6) is 0 Å². The average molecular weight is 309 g/mol. The number of hydrogen-bond donors (Lipinski definition) is 1. The van der Waals surface area contributed by atoms with Gasteiger partial charge in [0.1, 0.15) is 17.2 Å². The quantitative estimate of drug-likeness (QED) is 0.852. The Morgan fingerprint density at radius 3 is 2.86 bits per heavy atom. The van der Waals surface area contributed by atoms with Gasteiger partial charge in [0.15, 0.2) is 5.96 Å². The minimum absolute atomic E-state index is 0.00290. The molecule has 3 rings (SSSR count). The number of ether oxygens (including phenoxy) is 1. The summed E-state index contributed by atoms with van der Waals surface area (Å²) in [5.74, 6) is -2.25. The van der Waals surface area contributed by atoms with Crippen LogP contribution in [0.3, 0.4) is 0 Å². The van der Waals surface area contributed by atoms with Gasteiger partial charge in [-0.15, -0.1) is 0 Å². The lowest BCUT2D eigenvalue weighted by Crippen LogP contribution is -2.59. The van der Waals surface area contributed by atoms with Gasteiger partial charge in [-0.1, -0.05) is 6.07 Å². The monoisotopic (exact) mass is 309 g/mol. The zero-order valence-electron chi connectivity index (χ0n) is 12.3. The third-order valence-electron chi connectivity index (χ3n) is 4.42. The number of amides is 1. The lowest BCUT2D eigenvalue weighted by molar-refractivity contribution is -0.144. The number of rotatable bonds is 1. The van der Waals surface area contributed by atoms with Crippen molar-refractivity contribution < 1.29 is 18.3 Å². The Morgan fingerprint density at radius 2 is 2.18 bits per heavy atom. The highest BCUT2D eigenvalue weighted by molar-refractivity contribution is 6.00. The third kappa shape index (κ3) is 2.08. The smallest absolute Gasteiger partial charge is 0.235 e. The number of nitrogens with two attached hydrogens (primary N) is 1. The number of carbonyl (C=O) groups excluding carboxylic acids is 1. The normalized spacial score (nSPS) is 31.7. The van der Waals surface area contributed by atoms with E-state index < -0.39 is 23.1 Å². The maximum Gasteiger partial charge on any atom is 0.235 e. The van der Waals surface area contributed by atoms with Gasteiger partial charge < -0.3 is 10.5 Å². The van der Waals surface area contributed by atoms with Gasteiger partial charge in [-0.25, -0.2) is 13.8 Å². The van der Waals surface area contributed by atoms with Crippen LogP contribution >= 0.6 is 0 Å². The number of aliphatic imine (C=N–C) groups is 1.